The van der Waals surface area contributed by atoms with E-state index in [0.717, 1.165) is 18.4 Å². The number of carbonyl (C=O) groups excluding carboxylic acids is 1. The fourth-order valence-electron chi connectivity index (χ4n) is 3.92. The van der Waals surface area contributed by atoms with Crippen LogP contribution in [0, 0.1) is 0 Å². The van der Waals surface area contributed by atoms with Gasteiger partial charge in [-0.2, -0.15) is 4.31 Å². The summed E-state index contributed by atoms with van der Waals surface area (Å²) in [6.07, 6.45) is 1.81. The Labute approximate surface area is 166 Å². The molecule has 1 aliphatic heterocycles. The lowest BCUT2D eigenvalue weighted by Gasteiger charge is -2.31. The molecular weight excluding hydrogens is 374 g/mol. The summed E-state index contributed by atoms with van der Waals surface area (Å²) in [5.41, 5.74) is 2.79. The summed E-state index contributed by atoms with van der Waals surface area (Å²) in [4.78, 5) is 15.1. The lowest BCUT2D eigenvalue weighted by Crippen LogP contribution is -2.47. The molecular formula is C21H25N3O3S. The monoisotopic (exact) mass is 399 g/mol. The van der Waals surface area contributed by atoms with Gasteiger partial charge in [0, 0.05) is 31.7 Å². The highest BCUT2D eigenvalue weighted by Crippen LogP contribution is 2.31. The minimum atomic E-state index is -3.59. The molecule has 0 aromatic heterocycles. The van der Waals surface area contributed by atoms with E-state index in [2.05, 4.69) is 16.3 Å². The van der Waals surface area contributed by atoms with Crippen molar-refractivity contribution in [2.45, 2.75) is 23.8 Å². The van der Waals surface area contributed by atoms with E-state index in [9.17, 15) is 13.2 Å². The number of nitrogens with zero attached hydrogens (tertiary/aromatic N) is 2. The molecule has 0 radical (unpaired) electrons. The van der Waals surface area contributed by atoms with E-state index in [-0.39, 0.29) is 16.8 Å². The zero-order chi connectivity index (χ0) is 19.7. The highest BCUT2D eigenvalue weighted by molar-refractivity contribution is 7.89. The molecule has 1 heterocycles. The first-order valence-electron chi connectivity index (χ1n) is 9.62. The van der Waals surface area contributed by atoms with Crippen molar-refractivity contribution in [3.8, 4) is 0 Å². The molecule has 1 N–H and O–H groups in total. The molecule has 1 aliphatic carbocycles. The Balaban J connectivity index is 1.51. The number of hydrogen-bond donors (Lipinski definition) is 1. The van der Waals surface area contributed by atoms with Crippen LogP contribution in [0.15, 0.2) is 53.4 Å². The summed E-state index contributed by atoms with van der Waals surface area (Å²) in [6.45, 7) is 2.35. The fraction of sp³-hybridized carbons (Fsp3) is 0.381. The third kappa shape index (κ3) is 3.70. The van der Waals surface area contributed by atoms with E-state index in [0.29, 0.717) is 31.7 Å². The third-order valence-electron chi connectivity index (χ3n) is 5.63. The molecule has 7 heteroatoms. The molecule has 0 spiro atoms. The highest BCUT2D eigenvalue weighted by atomic mass is 32.2. The Hall–Kier alpha value is -2.22. The van der Waals surface area contributed by atoms with Gasteiger partial charge < -0.3 is 10.2 Å². The molecule has 6 nitrogen and oxygen atoms in total. The van der Waals surface area contributed by atoms with E-state index in [1.54, 1.807) is 18.2 Å². The Morgan fingerprint density at radius 3 is 2.57 bits per heavy atom. The van der Waals surface area contributed by atoms with Crippen LogP contribution < -0.4 is 5.32 Å². The van der Waals surface area contributed by atoms with E-state index >= 15 is 0 Å². The summed E-state index contributed by atoms with van der Waals surface area (Å²) in [5.74, 6) is -0.239. The van der Waals surface area contributed by atoms with Crippen molar-refractivity contribution in [1.29, 1.82) is 0 Å². The fourth-order valence-corrected chi connectivity index (χ4v) is 5.39. The number of nitrogens with one attached hydrogen (secondary N) is 1. The Morgan fingerprint density at radius 2 is 1.79 bits per heavy atom. The van der Waals surface area contributed by atoms with Gasteiger partial charge in [0.1, 0.15) is 0 Å². The molecule has 2 aromatic carbocycles. The number of fused-ring (bicyclic) bond motifs is 1. The van der Waals surface area contributed by atoms with Crippen molar-refractivity contribution in [1.82, 2.24) is 14.5 Å². The van der Waals surface area contributed by atoms with Gasteiger partial charge in [-0.05, 0) is 49.2 Å². The van der Waals surface area contributed by atoms with Crippen LogP contribution in [0.3, 0.4) is 0 Å². The first-order valence-corrected chi connectivity index (χ1v) is 11.1. The van der Waals surface area contributed by atoms with Crippen LogP contribution in [-0.2, 0) is 16.4 Å². The van der Waals surface area contributed by atoms with Crippen LogP contribution in [0.2, 0.25) is 0 Å². The zero-order valence-electron chi connectivity index (χ0n) is 16.0. The number of hydrogen-bond acceptors (Lipinski definition) is 4. The molecule has 1 atom stereocenters. The van der Waals surface area contributed by atoms with E-state index in [1.165, 1.54) is 15.9 Å². The second kappa shape index (κ2) is 7.66. The lowest BCUT2D eigenvalue weighted by molar-refractivity contribution is 0.0936. The Morgan fingerprint density at radius 1 is 1.04 bits per heavy atom. The van der Waals surface area contributed by atoms with Crippen LogP contribution >= 0.6 is 0 Å². The van der Waals surface area contributed by atoms with Crippen molar-refractivity contribution < 1.29 is 13.2 Å². The highest BCUT2D eigenvalue weighted by Gasteiger charge is 2.28. The standard InChI is InChI=1S/C21H25N3O3S/c1-23-11-13-24(14-12-23)28(26,27)18-7-4-6-17(15-18)21(25)22-20-10-9-16-5-2-3-8-19(16)20/h2-8,15,20H,9-14H2,1H3,(H,22,25)/t20-/m0/s1. The molecule has 1 amide bonds. The second-order valence-electron chi connectivity index (χ2n) is 7.50. The maximum absolute atomic E-state index is 13.0. The lowest BCUT2D eigenvalue weighted by atomic mass is 10.1. The number of amides is 1. The van der Waals surface area contributed by atoms with Crippen LogP contribution in [-0.4, -0.2) is 56.8 Å². The van der Waals surface area contributed by atoms with E-state index in [4.69, 9.17) is 0 Å². The molecule has 1 fully saturated rings. The van der Waals surface area contributed by atoms with Gasteiger partial charge in [0.25, 0.3) is 5.91 Å². The normalized spacial score (nSPS) is 20.7. The smallest absolute Gasteiger partial charge is 0.251 e. The SMILES string of the molecule is CN1CCN(S(=O)(=O)c2cccc(C(=O)N[C@H]3CCc4ccccc43)c2)CC1. The second-order valence-corrected chi connectivity index (χ2v) is 9.44. The molecule has 2 aromatic rings. The predicted octanol–water partition coefficient (Wildman–Crippen LogP) is 2.04. The Bertz CT molecular complexity index is 982. The average molecular weight is 400 g/mol. The molecule has 2 aliphatic rings. The molecule has 1 saturated heterocycles. The summed E-state index contributed by atoms with van der Waals surface area (Å²) < 4.78 is 27.4. The summed E-state index contributed by atoms with van der Waals surface area (Å²) in [6, 6.07) is 14.5. The van der Waals surface area contributed by atoms with E-state index < -0.39 is 10.0 Å². The summed E-state index contributed by atoms with van der Waals surface area (Å²) in [7, 11) is -1.61. The number of likely N-dealkylation sites (N-methyl/N-ethyl adjacent to an activating group) is 1. The van der Waals surface area contributed by atoms with Gasteiger partial charge in [0.2, 0.25) is 10.0 Å². The topological polar surface area (TPSA) is 69.7 Å². The van der Waals surface area contributed by atoms with Gasteiger partial charge in [-0.1, -0.05) is 30.3 Å². The molecule has 4 rings (SSSR count). The first-order chi connectivity index (χ1) is 13.4. The first kappa shape index (κ1) is 19.1. The van der Waals surface area contributed by atoms with Gasteiger partial charge in [0.15, 0.2) is 0 Å². The van der Waals surface area contributed by atoms with E-state index in [1.807, 2.05) is 25.2 Å². The predicted molar refractivity (Wildman–Crippen MR) is 108 cm³/mol. The van der Waals surface area contributed by atoms with Gasteiger partial charge in [-0.15, -0.1) is 0 Å². The average Bonchev–Trinajstić information content (AvgIpc) is 3.11. The number of piperazine rings is 1. The van der Waals surface area contributed by atoms with Gasteiger partial charge in [-0.25, -0.2) is 8.42 Å². The molecule has 28 heavy (non-hydrogen) atoms. The van der Waals surface area contributed by atoms with Gasteiger partial charge >= 0.3 is 0 Å². The summed E-state index contributed by atoms with van der Waals surface area (Å²) >= 11 is 0. The number of sulfonamides is 1. The van der Waals surface area contributed by atoms with Gasteiger partial charge in [0.05, 0.1) is 10.9 Å². The van der Waals surface area contributed by atoms with Gasteiger partial charge in [-0.3, -0.25) is 4.79 Å². The van der Waals surface area contributed by atoms with Crippen LogP contribution in [0.5, 0.6) is 0 Å². The van der Waals surface area contributed by atoms with Crippen LogP contribution in [0.4, 0.5) is 0 Å². The van der Waals surface area contributed by atoms with Crippen molar-refractivity contribution in [2.75, 3.05) is 33.2 Å². The maximum atomic E-state index is 13.0. The number of carbonyl (C=O) groups is 1. The minimum absolute atomic E-state index is 0.0263. The Kier molecular flexibility index (Phi) is 5.23. The van der Waals surface area contributed by atoms with Crippen molar-refractivity contribution in [3.63, 3.8) is 0 Å². The summed E-state index contributed by atoms with van der Waals surface area (Å²) in [5, 5.41) is 3.06. The molecule has 0 bridgehead atoms. The van der Waals surface area contributed by atoms with Crippen molar-refractivity contribution in [2.24, 2.45) is 0 Å². The quantitative estimate of drug-likeness (QED) is 0.854. The number of rotatable bonds is 4. The van der Waals surface area contributed by atoms with Crippen molar-refractivity contribution >= 4 is 15.9 Å². The number of benzene rings is 2. The maximum Gasteiger partial charge on any atom is 0.251 e. The zero-order valence-corrected chi connectivity index (χ0v) is 16.8. The number of aryl methyl sites for hydroxylation is 1. The minimum Gasteiger partial charge on any atom is -0.345 e. The third-order valence-corrected chi connectivity index (χ3v) is 7.53. The van der Waals surface area contributed by atoms with Crippen molar-refractivity contribution in [3.05, 3.63) is 65.2 Å². The largest absolute Gasteiger partial charge is 0.345 e. The van der Waals surface area contributed by atoms with Crippen LogP contribution in [0.25, 0.3) is 0 Å². The molecule has 0 saturated carbocycles. The van der Waals surface area contributed by atoms with Crippen LogP contribution in [0.1, 0.15) is 33.9 Å². The molecule has 0 unspecified atom stereocenters. The molecule has 148 valence electrons.